The molecule has 2 unspecified atom stereocenters. The summed E-state index contributed by atoms with van der Waals surface area (Å²) in [5.41, 5.74) is 0.524. The highest BCUT2D eigenvalue weighted by Gasteiger charge is 2.14. The molecule has 0 saturated heterocycles. The lowest BCUT2D eigenvalue weighted by atomic mass is 9.86. The van der Waals surface area contributed by atoms with Gasteiger partial charge in [-0.15, -0.1) is 8.58 Å². The van der Waals surface area contributed by atoms with Crippen molar-refractivity contribution in [2.45, 2.75) is 47.5 Å². The third kappa shape index (κ3) is 8.53. The minimum absolute atomic E-state index is 0.524. The summed E-state index contributed by atoms with van der Waals surface area (Å²) in [6.45, 7) is 11.7. The second kappa shape index (κ2) is 5.97. The van der Waals surface area contributed by atoms with Crippen molar-refractivity contribution in [3.8, 4) is 0 Å². The SMILES string of the molecule is CCCPCC(C)CC(C)(C)C. The smallest absolute Gasteiger partial charge is 0.0327 e. The van der Waals surface area contributed by atoms with Crippen molar-refractivity contribution in [1.29, 1.82) is 0 Å². The molecule has 74 valence electrons. The van der Waals surface area contributed by atoms with Crippen molar-refractivity contribution in [2.75, 3.05) is 12.3 Å². The van der Waals surface area contributed by atoms with Gasteiger partial charge in [0.2, 0.25) is 0 Å². The molecule has 0 heterocycles. The minimum atomic E-state index is 0.524. The maximum absolute atomic E-state index is 2.40. The lowest BCUT2D eigenvalue weighted by molar-refractivity contribution is 0.323. The van der Waals surface area contributed by atoms with Gasteiger partial charge in [0.25, 0.3) is 0 Å². The van der Waals surface area contributed by atoms with Crippen LogP contribution in [0.1, 0.15) is 47.5 Å². The standard InChI is InChI=1S/C11H25P/c1-6-7-12-9-10(2)8-11(3,4)5/h10,12H,6-9H2,1-5H3. The molecule has 0 aromatic heterocycles. The normalized spacial score (nSPS) is 15.8. The van der Waals surface area contributed by atoms with Gasteiger partial charge in [-0.25, -0.2) is 0 Å². The maximum atomic E-state index is 2.40. The van der Waals surface area contributed by atoms with Crippen LogP contribution >= 0.6 is 8.58 Å². The average molecular weight is 188 g/mol. The minimum Gasteiger partial charge on any atom is -0.122 e. The average Bonchev–Trinajstić information content (AvgIpc) is 1.84. The molecule has 0 aromatic carbocycles. The van der Waals surface area contributed by atoms with E-state index < -0.39 is 0 Å². The van der Waals surface area contributed by atoms with Crippen molar-refractivity contribution < 1.29 is 0 Å². The number of hydrogen-bond acceptors (Lipinski definition) is 0. The van der Waals surface area contributed by atoms with Crippen LogP contribution in [0.25, 0.3) is 0 Å². The van der Waals surface area contributed by atoms with Crippen LogP contribution in [-0.2, 0) is 0 Å². The van der Waals surface area contributed by atoms with E-state index in [1.54, 1.807) is 0 Å². The molecule has 0 fully saturated rings. The Morgan fingerprint density at radius 1 is 1.25 bits per heavy atom. The second-order valence-corrected chi connectivity index (χ2v) is 6.48. The Balaban J connectivity index is 3.40. The molecule has 1 heteroatoms. The highest BCUT2D eigenvalue weighted by atomic mass is 31.1. The van der Waals surface area contributed by atoms with Crippen molar-refractivity contribution in [3.05, 3.63) is 0 Å². The second-order valence-electron chi connectivity index (χ2n) is 5.07. The lowest BCUT2D eigenvalue weighted by Gasteiger charge is -2.23. The van der Waals surface area contributed by atoms with Crippen molar-refractivity contribution in [2.24, 2.45) is 11.3 Å². The molecule has 0 spiro atoms. The quantitative estimate of drug-likeness (QED) is 0.449. The van der Waals surface area contributed by atoms with Crippen LogP contribution in [0, 0.1) is 11.3 Å². The van der Waals surface area contributed by atoms with Crippen LogP contribution in [-0.4, -0.2) is 12.3 Å². The molecule has 0 nitrogen and oxygen atoms in total. The zero-order valence-corrected chi connectivity index (χ0v) is 10.4. The van der Waals surface area contributed by atoms with Gasteiger partial charge in [0, 0.05) is 0 Å². The molecular weight excluding hydrogens is 163 g/mol. The fourth-order valence-electron chi connectivity index (χ4n) is 1.64. The van der Waals surface area contributed by atoms with E-state index in [1.165, 1.54) is 33.7 Å². The summed E-state index contributed by atoms with van der Waals surface area (Å²) in [4.78, 5) is 0. The predicted molar refractivity (Wildman–Crippen MR) is 61.6 cm³/mol. The molecule has 0 rings (SSSR count). The zero-order valence-electron chi connectivity index (χ0n) is 9.41. The van der Waals surface area contributed by atoms with Gasteiger partial charge >= 0.3 is 0 Å². The summed E-state index contributed by atoms with van der Waals surface area (Å²) >= 11 is 0. The zero-order chi connectivity index (χ0) is 9.61. The fraction of sp³-hybridized carbons (Fsp3) is 1.00. The van der Waals surface area contributed by atoms with E-state index in [4.69, 9.17) is 0 Å². The van der Waals surface area contributed by atoms with Gasteiger partial charge in [0.15, 0.2) is 0 Å². The van der Waals surface area contributed by atoms with Gasteiger partial charge in [0.1, 0.15) is 0 Å². The fourth-order valence-corrected chi connectivity index (χ4v) is 2.84. The lowest BCUT2D eigenvalue weighted by Crippen LogP contribution is -2.12. The van der Waals surface area contributed by atoms with Gasteiger partial charge in [-0.1, -0.05) is 41.0 Å². The molecule has 0 aromatic rings. The van der Waals surface area contributed by atoms with Gasteiger partial charge in [-0.3, -0.25) is 0 Å². The third-order valence-electron chi connectivity index (χ3n) is 1.88. The Kier molecular flexibility index (Phi) is 6.19. The highest BCUT2D eigenvalue weighted by molar-refractivity contribution is 7.37. The monoisotopic (exact) mass is 188 g/mol. The molecule has 0 aliphatic heterocycles. The van der Waals surface area contributed by atoms with Gasteiger partial charge < -0.3 is 0 Å². The summed E-state index contributed by atoms with van der Waals surface area (Å²) in [5.74, 6) is 0.926. The van der Waals surface area contributed by atoms with Crippen molar-refractivity contribution >= 4 is 8.58 Å². The largest absolute Gasteiger partial charge is 0.122 e. The molecule has 2 atom stereocenters. The third-order valence-corrected chi connectivity index (χ3v) is 3.72. The number of hydrogen-bond donors (Lipinski definition) is 0. The first-order valence-corrected chi connectivity index (χ1v) is 6.58. The van der Waals surface area contributed by atoms with Crippen molar-refractivity contribution in [3.63, 3.8) is 0 Å². The van der Waals surface area contributed by atoms with E-state index in [9.17, 15) is 0 Å². The highest BCUT2D eigenvalue weighted by Crippen LogP contribution is 2.28. The Labute approximate surface area is 80.3 Å². The Hall–Kier alpha value is 0.430. The molecule has 0 radical (unpaired) electrons. The summed E-state index contributed by atoms with van der Waals surface area (Å²) in [6, 6.07) is 0. The van der Waals surface area contributed by atoms with Crippen LogP contribution in [0.4, 0.5) is 0 Å². The molecule has 0 N–H and O–H groups in total. The van der Waals surface area contributed by atoms with Crippen LogP contribution in [0.3, 0.4) is 0 Å². The van der Waals surface area contributed by atoms with E-state index in [1.807, 2.05) is 0 Å². The van der Waals surface area contributed by atoms with Gasteiger partial charge in [0.05, 0.1) is 0 Å². The maximum Gasteiger partial charge on any atom is -0.0327 e. The van der Waals surface area contributed by atoms with Gasteiger partial charge in [-0.2, -0.15) is 0 Å². The summed E-state index contributed by atoms with van der Waals surface area (Å²) in [7, 11) is 1.20. The Bertz CT molecular complexity index is 102. The van der Waals surface area contributed by atoms with Crippen LogP contribution in [0.5, 0.6) is 0 Å². The first-order valence-electron chi connectivity index (χ1n) is 5.16. The number of rotatable bonds is 5. The van der Waals surface area contributed by atoms with E-state index in [0.29, 0.717) is 5.41 Å². The molecule has 12 heavy (non-hydrogen) atoms. The predicted octanol–water partition coefficient (Wildman–Crippen LogP) is 4.15. The van der Waals surface area contributed by atoms with E-state index >= 15 is 0 Å². The van der Waals surface area contributed by atoms with E-state index in [-0.39, 0.29) is 0 Å². The summed E-state index contributed by atoms with van der Waals surface area (Å²) in [6.07, 6.45) is 5.63. The molecule has 0 aliphatic rings. The van der Waals surface area contributed by atoms with E-state index in [2.05, 4.69) is 34.6 Å². The topological polar surface area (TPSA) is 0 Å². The first-order chi connectivity index (χ1) is 5.45. The molecule has 0 aliphatic carbocycles. The van der Waals surface area contributed by atoms with Crippen molar-refractivity contribution in [1.82, 2.24) is 0 Å². The molecule has 0 bridgehead atoms. The summed E-state index contributed by atoms with van der Waals surface area (Å²) in [5, 5.41) is 0. The van der Waals surface area contributed by atoms with Crippen LogP contribution in [0.15, 0.2) is 0 Å². The van der Waals surface area contributed by atoms with Crippen LogP contribution < -0.4 is 0 Å². The molecule has 0 saturated carbocycles. The van der Waals surface area contributed by atoms with Gasteiger partial charge in [-0.05, 0) is 30.1 Å². The van der Waals surface area contributed by atoms with Crippen LogP contribution in [0.2, 0.25) is 0 Å². The summed E-state index contributed by atoms with van der Waals surface area (Å²) < 4.78 is 0. The first kappa shape index (κ1) is 12.4. The Morgan fingerprint density at radius 2 is 1.83 bits per heavy atom. The Morgan fingerprint density at radius 3 is 2.25 bits per heavy atom. The molecule has 0 amide bonds. The molecular formula is C11H25P. The van der Waals surface area contributed by atoms with E-state index in [0.717, 1.165) is 5.92 Å².